The first-order valence-corrected chi connectivity index (χ1v) is 10.1. The van der Waals surface area contributed by atoms with Crippen molar-refractivity contribution < 1.29 is 24.2 Å². The van der Waals surface area contributed by atoms with Gasteiger partial charge in [0.2, 0.25) is 0 Å². The van der Waals surface area contributed by atoms with Gasteiger partial charge in [0.05, 0.1) is 5.69 Å². The van der Waals surface area contributed by atoms with Gasteiger partial charge >= 0.3 is 5.97 Å². The number of nitrogens with zero attached hydrogens (tertiary/aromatic N) is 4. The van der Waals surface area contributed by atoms with Crippen molar-refractivity contribution in [2.45, 2.75) is 26.2 Å². The fourth-order valence-electron chi connectivity index (χ4n) is 3.70. The number of aliphatic carboxylic acids is 1. The highest BCUT2D eigenvalue weighted by molar-refractivity contribution is 5.96. The molecule has 4 rings (SSSR count). The molecule has 0 saturated carbocycles. The van der Waals surface area contributed by atoms with Crippen molar-refractivity contribution >= 4 is 29.0 Å². The summed E-state index contributed by atoms with van der Waals surface area (Å²) in [6, 6.07) is 8.28. The van der Waals surface area contributed by atoms with Crippen LogP contribution in [0.3, 0.4) is 0 Å². The van der Waals surface area contributed by atoms with Gasteiger partial charge < -0.3 is 24.8 Å². The van der Waals surface area contributed by atoms with Crippen LogP contribution in [0, 0.1) is 12.8 Å². The van der Waals surface area contributed by atoms with Crippen LogP contribution in [-0.2, 0) is 11.2 Å². The number of carboxylic acid groups (broad SMARTS) is 1. The molecule has 162 valence electrons. The second-order valence-electron chi connectivity index (χ2n) is 7.60. The summed E-state index contributed by atoms with van der Waals surface area (Å²) in [4.78, 5) is 38.0. The van der Waals surface area contributed by atoms with E-state index in [2.05, 4.69) is 25.2 Å². The molecule has 0 atom stereocenters. The van der Waals surface area contributed by atoms with Crippen molar-refractivity contribution in [2.75, 3.05) is 24.5 Å². The number of benzene rings is 1. The quantitative estimate of drug-likeness (QED) is 0.540. The van der Waals surface area contributed by atoms with Crippen LogP contribution in [0.25, 0.3) is 11.1 Å². The van der Waals surface area contributed by atoms with E-state index in [9.17, 15) is 14.7 Å². The monoisotopic (exact) mass is 425 g/mol. The van der Waals surface area contributed by atoms with Crippen LogP contribution in [0.1, 0.15) is 34.8 Å². The fourth-order valence-corrected chi connectivity index (χ4v) is 3.70. The number of aryl methyl sites for hydroxylation is 1. The molecule has 3 heterocycles. The van der Waals surface area contributed by atoms with Gasteiger partial charge in [-0.05, 0) is 37.8 Å². The van der Waals surface area contributed by atoms with E-state index >= 15 is 0 Å². The standard InChI is InChI=1S/C21H23N5O5/c1-12-19(29)18(20(30)22-11-17(27)28)25-16(23-12)10-13-6-8-26(9-7-13)21-24-14-4-2-3-5-15(14)31-21/h2-5,13,29H,6-11H2,1H3,(H,22,30)(H,27,28). The molecule has 1 fully saturated rings. The predicted octanol–water partition coefficient (Wildman–Crippen LogP) is 1.91. The Bertz CT molecular complexity index is 1090. The molecule has 1 amide bonds. The maximum atomic E-state index is 12.2. The van der Waals surface area contributed by atoms with Gasteiger partial charge in [-0.2, -0.15) is 4.98 Å². The van der Waals surface area contributed by atoms with Crippen molar-refractivity contribution in [2.24, 2.45) is 5.92 Å². The van der Waals surface area contributed by atoms with E-state index in [1.165, 1.54) is 0 Å². The molecule has 10 heteroatoms. The largest absolute Gasteiger partial charge is 0.504 e. The maximum Gasteiger partial charge on any atom is 0.322 e. The summed E-state index contributed by atoms with van der Waals surface area (Å²) < 4.78 is 5.85. The predicted molar refractivity (Wildman–Crippen MR) is 111 cm³/mol. The molecule has 3 N–H and O–H groups in total. The van der Waals surface area contributed by atoms with Crippen molar-refractivity contribution in [1.82, 2.24) is 20.3 Å². The summed E-state index contributed by atoms with van der Waals surface area (Å²) in [5, 5.41) is 21.1. The average molecular weight is 425 g/mol. The van der Waals surface area contributed by atoms with Crippen molar-refractivity contribution in [3.05, 3.63) is 41.5 Å². The smallest absolute Gasteiger partial charge is 0.322 e. The number of para-hydroxylation sites is 2. The Hall–Kier alpha value is -3.69. The van der Waals surface area contributed by atoms with Crippen molar-refractivity contribution in [3.63, 3.8) is 0 Å². The molecule has 1 saturated heterocycles. The Labute approximate surface area is 177 Å². The molecule has 0 radical (unpaired) electrons. The third kappa shape index (κ3) is 4.57. The molecule has 1 aliphatic heterocycles. The molecule has 1 aliphatic rings. The van der Waals surface area contributed by atoms with E-state index in [1.807, 2.05) is 24.3 Å². The first kappa shape index (κ1) is 20.6. The number of hydrogen-bond acceptors (Lipinski definition) is 8. The minimum Gasteiger partial charge on any atom is -0.504 e. The number of hydrogen-bond donors (Lipinski definition) is 3. The number of carbonyl (C=O) groups excluding carboxylic acids is 1. The number of nitrogens with one attached hydrogen (secondary N) is 1. The topological polar surface area (TPSA) is 142 Å². The Kier molecular flexibility index (Phi) is 5.70. The van der Waals surface area contributed by atoms with E-state index in [0.29, 0.717) is 24.2 Å². The zero-order valence-corrected chi connectivity index (χ0v) is 17.0. The minimum atomic E-state index is -1.18. The molecule has 0 bridgehead atoms. The molecular formula is C21H23N5O5. The summed E-state index contributed by atoms with van der Waals surface area (Å²) >= 11 is 0. The Morgan fingerprint density at radius 1 is 1.19 bits per heavy atom. The summed E-state index contributed by atoms with van der Waals surface area (Å²) in [6.07, 6.45) is 2.31. The highest BCUT2D eigenvalue weighted by Gasteiger charge is 2.25. The average Bonchev–Trinajstić information content (AvgIpc) is 3.19. The molecular weight excluding hydrogens is 402 g/mol. The first-order chi connectivity index (χ1) is 14.9. The highest BCUT2D eigenvalue weighted by Crippen LogP contribution is 2.28. The number of oxazole rings is 1. The lowest BCUT2D eigenvalue weighted by molar-refractivity contribution is -0.135. The number of piperidine rings is 1. The van der Waals surface area contributed by atoms with Gasteiger partial charge in [-0.3, -0.25) is 9.59 Å². The van der Waals surface area contributed by atoms with Gasteiger partial charge in [0, 0.05) is 19.5 Å². The van der Waals surface area contributed by atoms with E-state index in [0.717, 1.165) is 37.0 Å². The van der Waals surface area contributed by atoms with Gasteiger partial charge in [-0.15, -0.1) is 0 Å². The SMILES string of the molecule is Cc1nc(CC2CCN(c3nc4ccccc4o3)CC2)nc(C(=O)NCC(=O)O)c1O. The molecule has 2 aromatic heterocycles. The van der Waals surface area contributed by atoms with Gasteiger partial charge in [0.25, 0.3) is 11.9 Å². The van der Waals surface area contributed by atoms with Crippen LogP contribution in [-0.4, -0.2) is 56.7 Å². The second-order valence-corrected chi connectivity index (χ2v) is 7.60. The van der Waals surface area contributed by atoms with E-state index in [-0.39, 0.29) is 17.1 Å². The molecule has 0 spiro atoms. The number of rotatable bonds is 6. The second kappa shape index (κ2) is 8.58. The van der Waals surface area contributed by atoms with E-state index < -0.39 is 18.4 Å². The number of aromatic nitrogens is 3. The number of aromatic hydroxyl groups is 1. The van der Waals surface area contributed by atoms with Crippen LogP contribution in [0.15, 0.2) is 28.7 Å². The van der Waals surface area contributed by atoms with Gasteiger partial charge in [-0.25, -0.2) is 9.97 Å². The van der Waals surface area contributed by atoms with Crippen molar-refractivity contribution in [1.29, 1.82) is 0 Å². The van der Waals surface area contributed by atoms with Gasteiger partial charge in [-0.1, -0.05) is 12.1 Å². The van der Waals surface area contributed by atoms with Gasteiger partial charge in [0.1, 0.15) is 17.9 Å². The Morgan fingerprint density at radius 3 is 2.65 bits per heavy atom. The molecule has 31 heavy (non-hydrogen) atoms. The number of amides is 1. The normalized spacial score (nSPS) is 14.7. The molecule has 0 aliphatic carbocycles. The van der Waals surface area contributed by atoms with Crippen LogP contribution >= 0.6 is 0 Å². The highest BCUT2D eigenvalue weighted by atomic mass is 16.4. The molecule has 10 nitrogen and oxygen atoms in total. The maximum absolute atomic E-state index is 12.2. The third-order valence-corrected chi connectivity index (χ3v) is 5.36. The zero-order chi connectivity index (χ0) is 22.0. The number of carbonyl (C=O) groups is 2. The summed E-state index contributed by atoms with van der Waals surface area (Å²) in [5.74, 6) is -1.49. The first-order valence-electron chi connectivity index (χ1n) is 10.1. The van der Waals surface area contributed by atoms with E-state index in [4.69, 9.17) is 9.52 Å². The van der Waals surface area contributed by atoms with E-state index in [1.54, 1.807) is 6.92 Å². The fraction of sp³-hybridized carbons (Fsp3) is 0.381. The zero-order valence-electron chi connectivity index (χ0n) is 17.0. The molecule has 1 aromatic carbocycles. The lowest BCUT2D eigenvalue weighted by Crippen LogP contribution is -2.35. The third-order valence-electron chi connectivity index (χ3n) is 5.36. The summed E-state index contributed by atoms with van der Waals surface area (Å²) in [5.41, 5.74) is 1.68. The lowest BCUT2D eigenvalue weighted by Gasteiger charge is -2.30. The lowest BCUT2D eigenvalue weighted by atomic mass is 9.93. The minimum absolute atomic E-state index is 0.201. The molecule has 0 unspecified atom stereocenters. The van der Waals surface area contributed by atoms with Crippen LogP contribution in [0.4, 0.5) is 6.01 Å². The number of carboxylic acids is 1. The van der Waals surface area contributed by atoms with Crippen molar-refractivity contribution in [3.8, 4) is 5.75 Å². The van der Waals surface area contributed by atoms with Crippen LogP contribution < -0.4 is 10.2 Å². The van der Waals surface area contributed by atoms with Crippen LogP contribution in [0.2, 0.25) is 0 Å². The summed E-state index contributed by atoms with van der Waals surface area (Å²) in [7, 11) is 0. The Morgan fingerprint density at radius 2 is 1.94 bits per heavy atom. The number of anilines is 1. The summed E-state index contributed by atoms with van der Waals surface area (Å²) in [6.45, 7) is 2.59. The molecule has 3 aromatic rings. The Balaban J connectivity index is 1.41. The number of fused-ring (bicyclic) bond motifs is 1. The van der Waals surface area contributed by atoms with Crippen LogP contribution in [0.5, 0.6) is 5.75 Å². The van der Waals surface area contributed by atoms with Gasteiger partial charge in [0.15, 0.2) is 17.0 Å².